The molecular weight excluding hydrogens is 436 g/mol. The van der Waals surface area contributed by atoms with Gasteiger partial charge in [-0.3, -0.25) is 19.5 Å². The number of urea groups is 1. The van der Waals surface area contributed by atoms with E-state index in [0.29, 0.717) is 51.0 Å². The zero-order chi connectivity index (χ0) is 23.6. The van der Waals surface area contributed by atoms with Crippen LogP contribution in [0.2, 0.25) is 0 Å². The van der Waals surface area contributed by atoms with E-state index in [9.17, 15) is 14.4 Å². The predicted octanol–water partition coefficient (Wildman–Crippen LogP) is 3.81. The molecule has 8 heteroatoms. The molecule has 4 amide bonds. The van der Waals surface area contributed by atoms with Crippen LogP contribution in [-0.4, -0.2) is 52.3 Å². The molecule has 2 fully saturated rings. The second-order valence-corrected chi connectivity index (χ2v) is 11.2. The summed E-state index contributed by atoms with van der Waals surface area (Å²) in [5, 5.41) is 5.03. The van der Waals surface area contributed by atoms with Gasteiger partial charge in [0.1, 0.15) is 0 Å². The minimum absolute atomic E-state index is 0.0679. The molecular formula is C25H32N4O3S. The number of imide groups is 1. The van der Waals surface area contributed by atoms with E-state index >= 15 is 0 Å². The van der Waals surface area contributed by atoms with Crippen molar-refractivity contribution < 1.29 is 14.4 Å². The second kappa shape index (κ2) is 9.25. The maximum Gasteiger partial charge on any atom is 0.325 e. The molecule has 4 rings (SSSR count). The van der Waals surface area contributed by atoms with E-state index in [4.69, 9.17) is 0 Å². The van der Waals surface area contributed by atoms with Gasteiger partial charge in [0.15, 0.2) is 5.54 Å². The molecule has 176 valence electrons. The van der Waals surface area contributed by atoms with Gasteiger partial charge >= 0.3 is 6.03 Å². The van der Waals surface area contributed by atoms with Crippen molar-refractivity contribution in [2.24, 2.45) is 11.3 Å². The van der Waals surface area contributed by atoms with Gasteiger partial charge in [0, 0.05) is 43.0 Å². The van der Waals surface area contributed by atoms with Crippen LogP contribution in [0.1, 0.15) is 50.6 Å². The summed E-state index contributed by atoms with van der Waals surface area (Å²) < 4.78 is 0. The summed E-state index contributed by atoms with van der Waals surface area (Å²) in [4.78, 5) is 48.4. The fraction of sp³-hybridized carbons (Fsp3) is 0.520. The number of hydrogen-bond acceptors (Lipinski definition) is 5. The third-order valence-corrected chi connectivity index (χ3v) is 7.44. The highest BCUT2D eigenvalue weighted by Gasteiger charge is 2.58. The lowest BCUT2D eigenvalue weighted by atomic mass is 9.75. The molecule has 2 aromatic heterocycles. The first kappa shape index (κ1) is 23.4. The van der Waals surface area contributed by atoms with Crippen molar-refractivity contribution in [3.05, 3.63) is 52.5 Å². The van der Waals surface area contributed by atoms with Gasteiger partial charge in [-0.25, -0.2) is 4.79 Å². The van der Waals surface area contributed by atoms with Gasteiger partial charge < -0.3 is 10.2 Å². The van der Waals surface area contributed by atoms with E-state index in [1.807, 2.05) is 34.5 Å². The lowest BCUT2D eigenvalue weighted by Crippen LogP contribution is -2.54. The lowest BCUT2D eigenvalue weighted by molar-refractivity contribution is -0.137. The summed E-state index contributed by atoms with van der Waals surface area (Å²) in [5.41, 5.74) is -0.685. The Kier molecular flexibility index (Phi) is 6.56. The van der Waals surface area contributed by atoms with E-state index in [1.54, 1.807) is 23.6 Å². The van der Waals surface area contributed by atoms with Gasteiger partial charge in [0.25, 0.3) is 5.91 Å². The van der Waals surface area contributed by atoms with Crippen LogP contribution in [0.3, 0.4) is 0 Å². The molecule has 2 aromatic rings. The fourth-order valence-corrected chi connectivity index (χ4v) is 5.56. The lowest BCUT2D eigenvalue weighted by Gasteiger charge is -2.41. The van der Waals surface area contributed by atoms with Crippen molar-refractivity contribution in [1.29, 1.82) is 0 Å². The minimum atomic E-state index is -1.19. The molecule has 0 saturated carbocycles. The fourth-order valence-electron chi connectivity index (χ4n) is 4.86. The summed E-state index contributed by atoms with van der Waals surface area (Å²) >= 11 is 1.62. The Hall–Kier alpha value is -2.74. The molecule has 2 aliphatic heterocycles. The van der Waals surface area contributed by atoms with Gasteiger partial charge in [-0.1, -0.05) is 32.9 Å². The standard InChI is InChI=1S/C25H32N4O3S/c1-24(2,3)17-21(30)28-13-9-18(10-14-28)25(20-8-4-5-12-26-20)22(31)29(23(32)27-25)15-11-19-7-6-16-33-19/h4-8,12,16,18H,9-11,13-15,17H2,1-3H3,(H,27,32)/t25-/m1/s1. The Labute approximate surface area is 199 Å². The Morgan fingerprint density at radius 1 is 1.18 bits per heavy atom. The SMILES string of the molecule is CC(C)(C)CC(=O)N1CCC([C@]2(c3ccccn3)NC(=O)N(CCc3cccs3)C2=O)CC1. The largest absolute Gasteiger partial charge is 0.343 e. The number of carbonyl (C=O) groups excluding carboxylic acids is 3. The van der Waals surface area contributed by atoms with Crippen molar-refractivity contribution in [2.75, 3.05) is 19.6 Å². The molecule has 0 unspecified atom stereocenters. The van der Waals surface area contributed by atoms with E-state index in [-0.39, 0.29) is 29.2 Å². The molecule has 4 heterocycles. The number of rotatable bonds is 6. The maximum absolute atomic E-state index is 13.8. The average Bonchev–Trinajstić information content (AvgIpc) is 3.39. The number of aromatic nitrogens is 1. The van der Waals surface area contributed by atoms with Crippen molar-refractivity contribution in [3.8, 4) is 0 Å². The Balaban J connectivity index is 1.55. The van der Waals surface area contributed by atoms with Crippen molar-refractivity contribution in [1.82, 2.24) is 20.1 Å². The highest BCUT2D eigenvalue weighted by Crippen LogP contribution is 2.41. The van der Waals surface area contributed by atoms with E-state index in [2.05, 4.69) is 31.1 Å². The smallest absolute Gasteiger partial charge is 0.325 e. The van der Waals surface area contributed by atoms with Crippen LogP contribution in [0.25, 0.3) is 0 Å². The maximum atomic E-state index is 13.8. The van der Waals surface area contributed by atoms with Gasteiger partial charge in [0.2, 0.25) is 5.91 Å². The summed E-state index contributed by atoms with van der Waals surface area (Å²) in [6.07, 6.45) is 4.06. The molecule has 0 radical (unpaired) electrons. The van der Waals surface area contributed by atoms with Crippen molar-refractivity contribution >= 4 is 29.2 Å². The zero-order valence-electron chi connectivity index (χ0n) is 19.5. The minimum Gasteiger partial charge on any atom is -0.343 e. The van der Waals surface area contributed by atoms with Gasteiger partial charge in [-0.2, -0.15) is 0 Å². The summed E-state index contributed by atoms with van der Waals surface area (Å²) in [5.74, 6) is -0.219. The highest BCUT2D eigenvalue weighted by molar-refractivity contribution is 7.09. The highest BCUT2D eigenvalue weighted by atomic mass is 32.1. The molecule has 0 aromatic carbocycles. The number of nitrogens with zero attached hydrogens (tertiary/aromatic N) is 3. The number of amides is 4. The number of hydrogen-bond donors (Lipinski definition) is 1. The molecule has 0 spiro atoms. The summed E-state index contributed by atoms with van der Waals surface area (Å²) in [6.45, 7) is 7.67. The first-order valence-corrected chi connectivity index (χ1v) is 12.4. The molecule has 2 aliphatic rings. The molecule has 0 bridgehead atoms. The Morgan fingerprint density at radius 3 is 2.55 bits per heavy atom. The normalized spacial score (nSPS) is 22.0. The van der Waals surface area contributed by atoms with Gasteiger partial charge in [-0.15, -0.1) is 11.3 Å². The zero-order valence-corrected chi connectivity index (χ0v) is 20.4. The first-order chi connectivity index (χ1) is 15.7. The van der Waals surface area contributed by atoms with Crippen LogP contribution in [0.15, 0.2) is 41.9 Å². The molecule has 1 atom stereocenters. The third kappa shape index (κ3) is 4.81. The van der Waals surface area contributed by atoms with Crippen LogP contribution < -0.4 is 5.32 Å². The second-order valence-electron chi connectivity index (χ2n) is 10.1. The van der Waals surface area contributed by atoms with Crippen LogP contribution in [0.5, 0.6) is 0 Å². The molecule has 2 saturated heterocycles. The summed E-state index contributed by atoms with van der Waals surface area (Å²) in [6, 6.07) is 9.09. The van der Waals surface area contributed by atoms with Crippen molar-refractivity contribution in [2.45, 2.75) is 52.0 Å². The number of pyridine rings is 1. The third-order valence-electron chi connectivity index (χ3n) is 6.50. The Bertz CT molecular complexity index is 994. The quantitative estimate of drug-likeness (QED) is 0.654. The summed E-state index contributed by atoms with van der Waals surface area (Å²) in [7, 11) is 0. The number of likely N-dealkylation sites (tertiary alicyclic amines) is 1. The first-order valence-electron chi connectivity index (χ1n) is 11.6. The van der Waals surface area contributed by atoms with Crippen molar-refractivity contribution in [3.63, 3.8) is 0 Å². The van der Waals surface area contributed by atoms with Crippen LogP contribution in [-0.2, 0) is 21.5 Å². The van der Waals surface area contributed by atoms with Gasteiger partial charge in [-0.05, 0) is 48.3 Å². The average molecular weight is 469 g/mol. The Morgan fingerprint density at radius 2 is 1.94 bits per heavy atom. The molecule has 7 nitrogen and oxygen atoms in total. The van der Waals surface area contributed by atoms with Crippen LogP contribution in [0, 0.1) is 11.3 Å². The number of thiophene rings is 1. The predicted molar refractivity (Wildman–Crippen MR) is 128 cm³/mol. The van der Waals surface area contributed by atoms with E-state index in [1.165, 1.54) is 4.90 Å². The monoisotopic (exact) mass is 468 g/mol. The number of nitrogens with one attached hydrogen (secondary N) is 1. The van der Waals surface area contributed by atoms with E-state index < -0.39 is 5.54 Å². The topological polar surface area (TPSA) is 82.6 Å². The number of carbonyl (C=O) groups is 3. The molecule has 33 heavy (non-hydrogen) atoms. The van der Waals surface area contributed by atoms with Gasteiger partial charge in [0.05, 0.1) is 5.69 Å². The molecule has 1 N–H and O–H groups in total. The van der Waals surface area contributed by atoms with E-state index in [0.717, 1.165) is 4.88 Å². The molecule has 0 aliphatic carbocycles. The van der Waals surface area contributed by atoms with Crippen LogP contribution in [0.4, 0.5) is 4.79 Å². The number of piperidine rings is 1. The van der Waals surface area contributed by atoms with Crippen LogP contribution >= 0.6 is 11.3 Å².